The van der Waals surface area contributed by atoms with Crippen molar-refractivity contribution >= 4 is 0 Å². The molecule has 1 aromatic carbocycles. The molecule has 0 atom stereocenters. The maximum atomic E-state index is 6.00. The van der Waals surface area contributed by atoms with Crippen LogP contribution in [0, 0.1) is 0 Å². The van der Waals surface area contributed by atoms with E-state index in [1.54, 1.807) is 0 Å². The fraction of sp³-hybridized carbons (Fsp3) is 0.348. The maximum Gasteiger partial charge on any atom is 0.160 e. The molecule has 5 heterocycles. The van der Waals surface area contributed by atoms with Gasteiger partial charge in [-0.1, -0.05) is 6.07 Å². The third kappa shape index (κ3) is 3.59. The first-order chi connectivity index (χ1) is 15.8. The van der Waals surface area contributed by atoms with E-state index in [2.05, 4.69) is 47.5 Å². The summed E-state index contributed by atoms with van der Waals surface area (Å²) in [6.45, 7) is 6.79. The zero-order valence-corrected chi connectivity index (χ0v) is 17.8. The molecular formula is C23H25N7O2. The van der Waals surface area contributed by atoms with Gasteiger partial charge < -0.3 is 18.6 Å². The molecule has 1 N–H and O–H groups in total. The maximum absolute atomic E-state index is 6.00. The summed E-state index contributed by atoms with van der Waals surface area (Å²) in [4.78, 5) is 12.1. The van der Waals surface area contributed by atoms with Crippen molar-refractivity contribution in [2.75, 3.05) is 39.5 Å². The van der Waals surface area contributed by atoms with Gasteiger partial charge in [-0.3, -0.25) is 10.00 Å². The van der Waals surface area contributed by atoms with Gasteiger partial charge in [0, 0.05) is 56.5 Å². The standard InChI is InChI=1S/C23H25N7O2/c1-2-21-19(13-17(1)18-14-25-26-15-18)22-27-20(16-30(22)9-12-32-21)23-24-3-4-29(23)6-5-28-7-10-31-11-8-28/h1-4,13-16H,5-12H2,(H,25,26). The summed E-state index contributed by atoms with van der Waals surface area (Å²) in [5.74, 6) is 2.65. The second kappa shape index (κ2) is 8.25. The number of hydrogen-bond acceptors (Lipinski definition) is 6. The van der Waals surface area contributed by atoms with Crippen LogP contribution in [0.3, 0.4) is 0 Å². The van der Waals surface area contributed by atoms with E-state index < -0.39 is 0 Å². The van der Waals surface area contributed by atoms with Gasteiger partial charge in [0.25, 0.3) is 0 Å². The van der Waals surface area contributed by atoms with E-state index in [0.29, 0.717) is 6.61 Å². The smallest absolute Gasteiger partial charge is 0.160 e. The number of hydrogen-bond donors (Lipinski definition) is 1. The highest BCUT2D eigenvalue weighted by atomic mass is 16.5. The van der Waals surface area contributed by atoms with Crippen LogP contribution in [0.5, 0.6) is 5.75 Å². The Labute approximate surface area is 185 Å². The molecule has 0 spiro atoms. The van der Waals surface area contributed by atoms with Gasteiger partial charge in [-0.25, -0.2) is 9.97 Å². The van der Waals surface area contributed by atoms with E-state index in [1.807, 2.05) is 30.9 Å². The molecule has 0 bridgehead atoms. The van der Waals surface area contributed by atoms with Crippen LogP contribution in [-0.2, 0) is 17.8 Å². The average Bonchev–Trinajstić information content (AvgIpc) is 3.58. The predicted molar refractivity (Wildman–Crippen MR) is 119 cm³/mol. The number of nitrogens with one attached hydrogen (secondary N) is 1. The van der Waals surface area contributed by atoms with Crippen molar-refractivity contribution in [2.45, 2.75) is 13.1 Å². The van der Waals surface area contributed by atoms with Crippen molar-refractivity contribution in [1.29, 1.82) is 0 Å². The quantitative estimate of drug-likeness (QED) is 0.523. The van der Waals surface area contributed by atoms with Crippen molar-refractivity contribution in [3.05, 3.63) is 49.2 Å². The third-order valence-corrected chi connectivity index (χ3v) is 6.12. The van der Waals surface area contributed by atoms with Gasteiger partial charge in [-0.15, -0.1) is 0 Å². The van der Waals surface area contributed by atoms with Crippen molar-refractivity contribution in [3.8, 4) is 39.8 Å². The van der Waals surface area contributed by atoms with Gasteiger partial charge in [-0.05, 0) is 17.7 Å². The average molecular weight is 432 g/mol. The Hall–Kier alpha value is -3.43. The minimum absolute atomic E-state index is 0.604. The van der Waals surface area contributed by atoms with Gasteiger partial charge in [0.1, 0.15) is 23.9 Å². The number of benzene rings is 1. The van der Waals surface area contributed by atoms with Crippen LogP contribution < -0.4 is 4.74 Å². The Kier molecular flexibility index (Phi) is 4.97. The molecule has 1 fully saturated rings. The highest BCUT2D eigenvalue weighted by Crippen LogP contribution is 2.36. The summed E-state index contributed by atoms with van der Waals surface area (Å²) in [6, 6.07) is 6.20. The molecule has 0 unspecified atom stereocenters. The Morgan fingerprint density at radius 2 is 1.94 bits per heavy atom. The molecule has 0 amide bonds. The third-order valence-electron chi connectivity index (χ3n) is 6.12. The fourth-order valence-electron chi connectivity index (χ4n) is 4.38. The molecule has 6 rings (SSSR count). The number of aromatic amines is 1. The Morgan fingerprint density at radius 3 is 2.81 bits per heavy atom. The van der Waals surface area contributed by atoms with Crippen molar-refractivity contribution in [2.24, 2.45) is 0 Å². The highest BCUT2D eigenvalue weighted by molar-refractivity contribution is 5.75. The van der Waals surface area contributed by atoms with Crippen LogP contribution in [0.25, 0.3) is 34.0 Å². The summed E-state index contributed by atoms with van der Waals surface area (Å²) >= 11 is 0. The van der Waals surface area contributed by atoms with E-state index in [9.17, 15) is 0 Å². The number of morpholine rings is 1. The molecule has 164 valence electrons. The lowest BCUT2D eigenvalue weighted by Crippen LogP contribution is -2.38. The van der Waals surface area contributed by atoms with E-state index in [-0.39, 0.29) is 0 Å². The molecule has 3 aromatic heterocycles. The van der Waals surface area contributed by atoms with Gasteiger partial charge in [-0.2, -0.15) is 5.10 Å². The molecule has 4 aromatic rings. The Bertz CT molecular complexity index is 1210. The number of rotatable bonds is 5. The fourth-order valence-corrected chi connectivity index (χ4v) is 4.38. The highest BCUT2D eigenvalue weighted by Gasteiger charge is 2.22. The van der Waals surface area contributed by atoms with E-state index in [1.165, 1.54) is 0 Å². The largest absolute Gasteiger partial charge is 0.491 e. The lowest BCUT2D eigenvalue weighted by Gasteiger charge is -2.26. The van der Waals surface area contributed by atoms with Crippen molar-refractivity contribution < 1.29 is 9.47 Å². The van der Waals surface area contributed by atoms with Crippen molar-refractivity contribution in [1.82, 2.24) is 34.2 Å². The SMILES string of the molecule is c1cn(CCN2CCOCC2)c(-c2cn3c(n2)-c2cc(-c4cn[nH]c4)ccc2OCC3)n1. The molecule has 1 saturated heterocycles. The number of imidazole rings is 2. The van der Waals surface area contributed by atoms with Crippen LogP contribution >= 0.6 is 0 Å². The molecule has 32 heavy (non-hydrogen) atoms. The number of aromatic nitrogens is 6. The van der Waals surface area contributed by atoms with Crippen LogP contribution in [0.2, 0.25) is 0 Å². The van der Waals surface area contributed by atoms with Crippen LogP contribution in [0.1, 0.15) is 0 Å². The zero-order valence-electron chi connectivity index (χ0n) is 17.8. The summed E-state index contributed by atoms with van der Waals surface area (Å²) in [6.07, 6.45) is 9.69. The summed E-state index contributed by atoms with van der Waals surface area (Å²) in [5.41, 5.74) is 3.98. The van der Waals surface area contributed by atoms with E-state index in [4.69, 9.17) is 14.5 Å². The summed E-state index contributed by atoms with van der Waals surface area (Å²) < 4.78 is 15.8. The minimum Gasteiger partial charge on any atom is -0.491 e. The van der Waals surface area contributed by atoms with E-state index >= 15 is 0 Å². The van der Waals surface area contributed by atoms with Gasteiger partial charge >= 0.3 is 0 Å². The summed E-state index contributed by atoms with van der Waals surface area (Å²) in [7, 11) is 0. The number of fused-ring (bicyclic) bond motifs is 3. The summed E-state index contributed by atoms with van der Waals surface area (Å²) in [5, 5.41) is 6.95. The molecule has 0 aliphatic carbocycles. The lowest BCUT2D eigenvalue weighted by atomic mass is 10.0. The zero-order chi connectivity index (χ0) is 21.3. The first-order valence-corrected chi connectivity index (χ1v) is 11.0. The molecule has 9 nitrogen and oxygen atoms in total. The predicted octanol–water partition coefficient (Wildman–Crippen LogP) is 2.53. The first-order valence-electron chi connectivity index (χ1n) is 11.0. The van der Waals surface area contributed by atoms with Crippen LogP contribution in [-0.4, -0.2) is 73.7 Å². The number of ether oxygens (including phenoxy) is 2. The number of nitrogens with zero attached hydrogens (tertiary/aromatic N) is 6. The molecule has 0 saturated carbocycles. The minimum atomic E-state index is 0.604. The van der Waals surface area contributed by atoms with Gasteiger partial charge in [0.05, 0.1) is 31.5 Å². The van der Waals surface area contributed by atoms with Crippen LogP contribution in [0.4, 0.5) is 0 Å². The topological polar surface area (TPSA) is 86.0 Å². The van der Waals surface area contributed by atoms with Gasteiger partial charge in [0.2, 0.25) is 0 Å². The lowest BCUT2D eigenvalue weighted by molar-refractivity contribution is 0.0364. The Morgan fingerprint density at radius 1 is 1.00 bits per heavy atom. The molecule has 9 heteroatoms. The van der Waals surface area contributed by atoms with Gasteiger partial charge in [0.15, 0.2) is 5.82 Å². The molecular weight excluding hydrogens is 406 g/mol. The number of H-pyrrole nitrogens is 1. The molecule has 2 aliphatic rings. The monoisotopic (exact) mass is 431 g/mol. The van der Waals surface area contributed by atoms with Crippen LogP contribution in [0.15, 0.2) is 49.2 Å². The first kappa shape index (κ1) is 19.3. The second-order valence-corrected chi connectivity index (χ2v) is 8.09. The molecule has 2 aliphatic heterocycles. The van der Waals surface area contributed by atoms with Crippen molar-refractivity contribution in [3.63, 3.8) is 0 Å². The Balaban J connectivity index is 1.32. The normalized spacial score (nSPS) is 16.2. The van der Waals surface area contributed by atoms with E-state index in [0.717, 1.165) is 85.7 Å². The second-order valence-electron chi connectivity index (χ2n) is 8.09. The molecule has 0 radical (unpaired) electrons.